The number of morpholine rings is 1. The van der Waals surface area contributed by atoms with Crippen molar-refractivity contribution < 1.29 is 9.53 Å². The first-order valence-electron chi connectivity index (χ1n) is 49.9. The van der Waals surface area contributed by atoms with Crippen LogP contribution in [0.4, 0.5) is 81.1 Å². The molecule has 0 aliphatic carbocycles. The van der Waals surface area contributed by atoms with Gasteiger partial charge in [0, 0.05) is 161 Å². The van der Waals surface area contributed by atoms with Gasteiger partial charge in [0.2, 0.25) is 65.4 Å². The van der Waals surface area contributed by atoms with E-state index in [1.807, 2.05) is 198 Å². The zero-order valence-electron chi connectivity index (χ0n) is 86.6. The molecular formula is C108H129ClN36O2S2. The fraction of sp³-hybridized carbons (Fsp3) is 0.343. The maximum Gasteiger partial charge on any atom is 0.234 e. The molecule has 772 valence electrons. The van der Waals surface area contributed by atoms with Crippen molar-refractivity contribution in [1.82, 2.24) is 104 Å². The molecule has 0 saturated carbocycles. The van der Waals surface area contributed by atoms with Gasteiger partial charge >= 0.3 is 0 Å². The molecule has 0 bridgehead atoms. The van der Waals surface area contributed by atoms with Gasteiger partial charge < -0.3 is 75.0 Å². The van der Waals surface area contributed by atoms with Gasteiger partial charge in [-0.2, -0.15) is 74.8 Å². The van der Waals surface area contributed by atoms with Crippen LogP contribution in [0.2, 0.25) is 4.34 Å². The monoisotopic (exact) mass is 2060 g/mol. The Balaban J connectivity index is 0.000000133. The molecule has 1 amide bonds. The van der Waals surface area contributed by atoms with E-state index in [0.29, 0.717) is 130 Å². The standard InChI is InChI=1S/C24H31N7.C23H28N8O.C23H30N8.C19H20ClN7S.C19H20N6OS/c1-17(2)20-8-5-19(6-9-20)7-10-21-26-23(27-22-15-18(3)16-25-22)29-24(28-21)31-13-11-30(4)12-14-31;1-16-14-21(24-15-16)27-22-26-20(28-23(29-22)31-12-10-30(3)11-13-31)9-6-18-4-7-19(8-5-18)25-17(2)32;1-17-15-21(24-16-17)26-22-25-20(10-7-18-5-8-19(9-6-18)29(2)3)27-23(28-22)31-13-11-30(4)12-14-31;1-26-9-11-27(12-10-26)18-23-16(8-7-14-5-3-2-4-6-14)22-17(24-18)25-19-21-13-15(20)28-19;1-14-13-20-19(27-14)24-17-21-16(8-7-15-5-3-2-4-6-15)22-18(23-17)25-9-11-26-12-10-25/h5-10,15,17H,11-14,16H2,1-4H3,(H,25,26,27,28,29);4-9,14H,10-13,15H2,1-3H3,(H,25,32)(H,24,26,27,28,29);5-10,15H,11-14,16H2,1-4H3,(H,24,25,26,27,28);2-8,13H,9-12H2,1H3,(H,21,22,23,24,25);2-8,13H,9-12H2,1H3,(H,20,21,22,23,24)/b10-7+;9-6+;10-7+;2*8-7+. The number of aliphatic imine (C=N–C) groups is 3. The molecule has 0 atom stereocenters. The average Bonchev–Trinajstić information content (AvgIpc) is 1.72. The predicted molar refractivity (Wildman–Crippen MR) is 610 cm³/mol. The Morgan fingerprint density at radius 1 is 0.362 bits per heavy atom. The number of nitrogens with zero attached hydrogens (tertiary/aromatic N) is 30. The van der Waals surface area contributed by atoms with E-state index in [0.717, 1.165) is 185 Å². The van der Waals surface area contributed by atoms with Gasteiger partial charge in [0.05, 0.1) is 39.0 Å². The molecule has 7 aromatic heterocycles. The predicted octanol–water partition coefficient (Wildman–Crippen LogP) is 15.9. The van der Waals surface area contributed by atoms with Crippen LogP contribution in [0.25, 0.3) is 60.8 Å². The van der Waals surface area contributed by atoms with Gasteiger partial charge in [0.15, 0.2) is 39.4 Å². The number of hydrogen-bond acceptors (Lipinski definition) is 39. The Hall–Kier alpha value is -15.3. The van der Waals surface area contributed by atoms with Crippen LogP contribution in [0.3, 0.4) is 0 Å². The van der Waals surface area contributed by atoms with E-state index in [9.17, 15) is 4.79 Å². The third-order valence-electron chi connectivity index (χ3n) is 24.5. The molecule has 5 aromatic carbocycles. The van der Waals surface area contributed by atoms with Gasteiger partial charge in [0.1, 0.15) is 21.8 Å². The van der Waals surface area contributed by atoms with Gasteiger partial charge in [-0.1, -0.05) is 176 Å². The highest BCUT2D eigenvalue weighted by Gasteiger charge is 2.26. The lowest BCUT2D eigenvalue weighted by Gasteiger charge is -2.32. The van der Waals surface area contributed by atoms with Crippen LogP contribution in [0.1, 0.15) is 115 Å². The highest BCUT2D eigenvalue weighted by molar-refractivity contribution is 7.19. The molecule has 20 rings (SSSR count). The van der Waals surface area contributed by atoms with Crippen LogP contribution in [0.15, 0.2) is 196 Å². The number of nitrogens with one attached hydrogen (secondary N) is 6. The molecule has 15 heterocycles. The van der Waals surface area contributed by atoms with Crippen LogP contribution in [-0.4, -0.2) is 321 Å². The van der Waals surface area contributed by atoms with E-state index in [4.69, 9.17) is 26.3 Å². The average molecular weight is 2060 g/mol. The number of carbonyl (C=O) groups is 1. The van der Waals surface area contributed by atoms with Crippen molar-refractivity contribution in [1.29, 1.82) is 0 Å². The highest BCUT2D eigenvalue weighted by atomic mass is 35.5. The van der Waals surface area contributed by atoms with E-state index in [2.05, 4.69) is 275 Å². The van der Waals surface area contributed by atoms with Gasteiger partial charge in [-0.3, -0.25) is 30.4 Å². The van der Waals surface area contributed by atoms with Gasteiger partial charge in [0.25, 0.3) is 0 Å². The molecule has 38 nitrogen and oxygen atoms in total. The summed E-state index contributed by atoms with van der Waals surface area (Å²) in [5, 5.41) is 20.3. The first-order chi connectivity index (χ1) is 72.3. The summed E-state index contributed by atoms with van der Waals surface area (Å²) in [5.41, 5.74) is 12.3. The number of thiazole rings is 2. The number of aryl methyl sites for hydroxylation is 1. The molecule has 5 fully saturated rings. The number of anilines is 14. The number of benzene rings is 5. The van der Waals surface area contributed by atoms with E-state index >= 15 is 0 Å². The third kappa shape index (κ3) is 33.4. The van der Waals surface area contributed by atoms with E-state index in [1.165, 1.54) is 46.2 Å². The number of amides is 1. The minimum Gasteiger partial charge on any atom is -0.378 e. The summed E-state index contributed by atoms with van der Waals surface area (Å²) in [6.07, 6.45) is 29.1. The summed E-state index contributed by atoms with van der Waals surface area (Å²) in [6, 6.07) is 44.8. The summed E-state index contributed by atoms with van der Waals surface area (Å²) < 4.78 is 6.05. The van der Waals surface area contributed by atoms with Gasteiger partial charge in [-0.25, -0.2) is 9.97 Å². The quantitative estimate of drug-likeness (QED) is 0.0309. The van der Waals surface area contributed by atoms with E-state index < -0.39 is 0 Å². The minimum absolute atomic E-state index is 0.0909. The van der Waals surface area contributed by atoms with Crippen LogP contribution in [0, 0.1) is 6.92 Å². The van der Waals surface area contributed by atoms with E-state index in [-0.39, 0.29) is 5.91 Å². The number of likely N-dealkylation sites (N-methyl/N-ethyl adjacent to an activating group) is 4. The fourth-order valence-corrected chi connectivity index (χ4v) is 17.3. The number of halogens is 1. The zero-order chi connectivity index (χ0) is 104. The zero-order valence-corrected chi connectivity index (χ0v) is 89.0. The Bertz CT molecular complexity index is 6670. The largest absolute Gasteiger partial charge is 0.378 e. The Morgan fingerprint density at radius 3 is 0.953 bits per heavy atom. The second-order valence-corrected chi connectivity index (χ2v) is 40.3. The molecular weight excluding hydrogens is 1930 g/mol. The number of ether oxygens (including phenoxy) is 1. The highest BCUT2D eigenvalue weighted by Crippen LogP contribution is 2.30. The van der Waals surface area contributed by atoms with E-state index in [1.54, 1.807) is 17.5 Å². The molecule has 0 radical (unpaired) electrons. The number of rotatable bonds is 25. The van der Waals surface area contributed by atoms with Crippen LogP contribution >= 0.6 is 34.3 Å². The van der Waals surface area contributed by atoms with Crippen molar-refractivity contribution in [3.63, 3.8) is 0 Å². The first kappa shape index (κ1) is 106. The topological polar surface area (TPSA) is 387 Å². The summed E-state index contributed by atoms with van der Waals surface area (Å²) in [5.74, 6) is 11.7. The van der Waals surface area contributed by atoms with Crippen molar-refractivity contribution in [2.75, 3.05) is 254 Å². The molecule has 12 aromatic rings. The molecule has 6 N–H and O–H groups in total. The summed E-state index contributed by atoms with van der Waals surface area (Å²) in [7, 11) is 12.6. The molecule has 0 spiro atoms. The summed E-state index contributed by atoms with van der Waals surface area (Å²) >= 11 is 8.89. The SMILES string of the molecule is CC(=O)Nc1ccc(/C=C/c2nc(NC3=NCC(C)=C3)nc(N3CCN(C)CC3)n2)cc1.CC1=CC(Nc2nc(/C=C/c3ccc(C(C)C)cc3)nc(N3CCN(C)CC3)n2)=NC1.CC1=CC(Nc2nc(/C=C/c3ccc(N(C)C)cc3)nc(N3CCN(C)CC3)n2)=NC1.CN1CCN(c2nc(/C=C/c3ccccc3)nc(Nc3ncc(Cl)s3)n2)CC1.Cc1cnc(Nc2nc(/C=C/c3ccccc3)nc(N3CCOCC3)n2)s1. The lowest BCUT2D eigenvalue weighted by Crippen LogP contribution is -2.45. The van der Waals surface area contributed by atoms with Crippen molar-refractivity contribution in [3.05, 3.63) is 253 Å². The number of amidine groups is 3. The van der Waals surface area contributed by atoms with Gasteiger partial charge in [-0.05, 0) is 185 Å². The number of piperazine rings is 4. The lowest BCUT2D eigenvalue weighted by molar-refractivity contribution is -0.114. The number of hydrogen-bond donors (Lipinski definition) is 6. The van der Waals surface area contributed by atoms with Crippen molar-refractivity contribution in [2.45, 2.75) is 54.4 Å². The summed E-state index contributed by atoms with van der Waals surface area (Å²) in [4.78, 5) is 126. The second kappa shape index (κ2) is 52.8. The maximum atomic E-state index is 11.2. The smallest absolute Gasteiger partial charge is 0.234 e. The first-order valence-corrected chi connectivity index (χ1v) is 52.0. The van der Waals surface area contributed by atoms with Gasteiger partial charge in [-0.15, -0.1) is 11.3 Å². The normalized spacial score (nSPS) is 16.3. The molecule has 149 heavy (non-hydrogen) atoms. The number of carbonyl (C=O) groups excluding carboxylic acids is 1. The Kier molecular flexibility index (Phi) is 37.8. The molecule has 5 saturated heterocycles. The Morgan fingerprint density at radius 2 is 0.664 bits per heavy atom. The molecule has 8 aliphatic rings. The minimum atomic E-state index is -0.0909. The fourth-order valence-electron chi connectivity index (χ4n) is 15.9. The van der Waals surface area contributed by atoms with Crippen molar-refractivity contribution >= 4 is 200 Å². The van der Waals surface area contributed by atoms with Crippen LogP contribution in [0.5, 0.6) is 0 Å². The maximum absolute atomic E-state index is 11.2. The second-order valence-electron chi connectivity index (χ2n) is 37.4. The van der Waals surface area contributed by atoms with Crippen molar-refractivity contribution in [2.24, 2.45) is 15.0 Å². The molecule has 41 heteroatoms. The van der Waals surface area contributed by atoms with Crippen LogP contribution < -0.4 is 61.3 Å². The van der Waals surface area contributed by atoms with Crippen LogP contribution in [-0.2, 0) is 9.53 Å². The number of aromatic nitrogens is 17. The molecule has 8 aliphatic heterocycles. The lowest BCUT2D eigenvalue weighted by atomic mass is 10.0. The van der Waals surface area contributed by atoms with Crippen molar-refractivity contribution in [3.8, 4) is 0 Å². The molecule has 0 unspecified atom stereocenters. The third-order valence-corrected chi connectivity index (χ3v) is 26.4. The summed E-state index contributed by atoms with van der Waals surface area (Å²) in [6.45, 7) is 34.1. The Labute approximate surface area is 883 Å².